The minimum atomic E-state index is 0.849. The van der Waals surface area contributed by atoms with Gasteiger partial charge in [-0.05, 0) is 52.2 Å². The van der Waals surface area contributed by atoms with Crippen LogP contribution in [0.1, 0.15) is 25.6 Å². The first-order chi connectivity index (χ1) is 9.72. The van der Waals surface area contributed by atoms with Crippen LogP contribution in [-0.2, 0) is 13.1 Å². The van der Waals surface area contributed by atoms with Crippen molar-refractivity contribution in [2.45, 2.75) is 32.9 Å². The van der Waals surface area contributed by atoms with E-state index in [-0.39, 0.29) is 0 Å². The van der Waals surface area contributed by atoms with Crippen LogP contribution in [0.15, 0.2) is 24.3 Å². The van der Waals surface area contributed by atoms with E-state index in [2.05, 4.69) is 60.1 Å². The zero-order chi connectivity index (χ0) is 14.4. The number of nitrogens with zero attached hydrogens (tertiary/aromatic N) is 3. The molecule has 0 atom stereocenters. The predicted octanol–water partition coefficient (Wildman–Crippen LogP) is 2.49. The van der Waals surface area contributed by atoms with Crippen LogP contribution in [0.5, 0.6) is 0 Å². The molecule has 0 bridgehead atoms. The van der Waals surface area contributed by atoms with Gasteiger partial charge < -0.3 is 14.8 Å². The first kappa shape index (κ1) is 15.0. The summed E-state index contributed by atoms with van der Waals surface area (Å²) in [5.74, 6) is 1.15. The Balaban J connectivity index is 1.99. The van der Waals surface area contributed by atoms with Crippen LogP contribution in [-0.4, -0.2) is 41.6 Å². The Labute approximate surface area is 121 Å². The maximum Gasteiger partial charge on any atom is 0.123 e. The van der Waals surface area contributed by atoms with E-state index in [9.17, 15) is 0 Å². The number of para-hydroxylation sites is 2. The molecule has 4 nitrogen and oxygen atoms in total. The van der Waals surface area contributed by atoms with Crippen LogP contribution in [0.3, 0.4) is 0 Å². The van der Waals surface area contributed by atoms with Crippen molar-refractivity contribution in [1.82, 2.24) is 19.8 Å². The van der Waals surface area contributed by atoms with E-state index in [1.807, 2.05) is 0 Å². The summed E-state index contributed by atoms with van der Waals surface area (Å²) in [5.41, 5.74) is 2.35. The molecule has 1 N–H and O–H groups in total. The molecule has 0 aliphatic carbocycles. The molecule has 0 saturated heterocycles. The molecule has 1 heterocycles. The van der Waals surface area contributed by atoms with Crippen molar-refractivity contribution in [3.8, 4) is 0 Å². The first-order valence-corrected chi connectivity index (χ1v) is 7.52. The molecule has 4 heteroatoms. The second kappa shape index (κ2) is 7.41. The minimum absolute atomic E-state index is 0.849. The highest BCUT2D eigenvalue weighted by atomic mass is 15.1. The fraction of sp³-hybridized carbons (Fsp3) is 0.562. The van der Waals surface area contributed by atoms with Gasteiger partial charge in [0.15, 0.2) is 0 Å². The largest absolute Gasteiger partial charge is 0.327 e. The molecule has 0 amide bonds. The normalized spacial score (nSPS) is 11.6. The molecule has 110 valence electrons. The molecule has 0 spiro atoms. The van der Waals surface area contributed by atoms with Crippen LogP contribution in [0, 0.1) is 0 Å². The Morgan fingerprint density at radius 3 is 2.80 bits per heavy atom. The van der Waals surface area contributed by atoms with Gasteiger partial charge in [0, 0.05) is 6.54 Å². The van der Waals surface area contributed by atoms with Crippen LogP contribution < -0.4 is 5.32 Å². The molecule has 0 fully saturated rings. The van der Waals surface area contributed by atoms with Crippen LogP contribution >= 0.6 is 0 Å². The highest BCUT2D eigenvalue weighted by Gasteiger charge is 2.08. The molecular formula is C16H26N4. The molecule has 0 aliphatic heterocycles. The number of aromatic nitrogens is 2. The monoisotopic (exact) mass is 274 g/mol. The number of benzene rings is 1. The fourth-order valence-electron chi connectivity index (χ4n) is 2.45. The Bertz CT molecular complexity index is 530. The maximum atomic E-state index is 4.75. The molecule has 1 aromatic heterocycles. The topological polar surface area (TPSA) is 33.1 Å². The summed E-state index contributed by atoms with van der Waals surface area (Å²) < 4.78 is 2.34. The number of nitrogens with one attached hydrogen (secondary N) is 1. The smallest absolute Gasteiger partial charge is 0.123 e. The van der Waals surface area contributed by atoms with Crippen LogP contribution in [0.2, 0.25) is 0 Å². The van der Waals surface area contributed by atoms with Crippen molar-refractivity contribution in [2.75, 3.05) is 27.2 Å². The zero-order valence-corrected chi connectivity index (χ0v) is 12.9. The van der Waals surface area contributed by atoms with Gasteiger partial charge in [-0.3, -0.25) is 0 Å². The van der Waals surface area contributed by atoms with Crippen molar-refractivity contribution in [1.29, 1.82) is 0 Å². The van der Waals surface area contributed by atoms with Crippen LogP contribution in [0.25, 0.3) is 11.0 Å². The molecule has 2 aromatic rings. The summed E-state index contributed by atoms with van der Waals surface area (Å²) >= 11 is 0. The van der Waals surface area contributed by atoms with Gasteiger partial charge in [-0.1, -0.05) is 19.1 Å². The third-order valence-electron chi connectivity index (χ3n) is 3.42. The second-order valence-electron chi connectivity index (χ2n) is 5.50. The Morgan fingerprint density at radius 2 is 2.05 bits per heavy atom. The van der Waals surface area contributed by atoms with E-state index in [1.165, 1.54) is 11.9 Å². The molecular weight excluding hydrogens is 248 g/mol. The fourth-order valence-corrected chi connectivity index (χ4v) is 2.45. The summed E-state index contributed by atoms with van der Waals surface area (Å²) in [6.07, 6.45) is 2.30. The molecule has 0 saturated carbocycles. The Kier molecular flexibility index (Phi) is 5.56. The van der Waals surface area contributed by atoms with Gasteiger partial charge in [0.05, 0.1) is 17.6 Å². The number of hydrogen-bond donors (Lipinski definition) is 1. The van der Waals surface area contributed by atoms with E-state index >= 15 is 0 Å². The van der Waals surface area contributed by atoms with Crippen LogP contribution in [0.4, 0.5) is 0 Å². The van der Waals surface area contributed by atoms with E-state index in [0.717, 1.165) is 43.9 Å². The quantitative estimate of drug-likeness (QED) is 0.751. The predicted molar refractivity (Wildman–Crippen MR) is 84.9 cm³/mol. The summed E-state index contributed by atoms with van der Waals surface area (Å²) in [5, 5.41) is 3.51. The van der Waals surface area contributed by atoms with Gasteiger partial charge in [-0.15, -0.1) is 0 Å². The SMILES string of the molecule is CCCn1c(CNCCCN(C)C)nc2ccccc21. The third-order valence-corrected chi connectivity index (χ3v) is 3.42. The van der Waals surface area contributed by atoms with Gasteiger partial charge in [-0.25, -0.2) is 4.98 Å². The van der Waals surface area contributed by atoms with E-state index in [4.69, 9.17) is 4.98 Å². The molecule has 0 radical (unpaired) electrons. The highest BCUT2D eigenvalue weighted by Crippen LogP contribution is 2.16. The minimum Gasteiger partial charge on any atom is -0.327 e. The second-order valence-corrected chi connectivity index (χ2v) is 5.50. The lowest BCUT2D eigenvalue weighted by molar-refractivity contribution is 0.393. The molecule has 0 aliphatic rings. The lowest BCUT2D eigenvalue weighted by atomic mass is 10.3. The third kappa shape index (κ3) is 3.81. The number of rotatable bonds is 8. The number of aryl methyl sites for hydroxylation is 1. The molecule has 1 aromatic carbocycles. The number of imidazole rings is 1. The van der Waals surface area contributed by atoms with Gasteiger partial charge in [0.25, 0.3) is 0 Å². The number of fused-ring (bicyclic) bond motifs is 1. The van der Waals surface area contributed by atoms with Crippen molar-refractivity contribution >= 4 is 11.0 Å². The summed E-state index contributed by atoms with van der Waals surface area (Å²) in [6.45, 7) is 6.26. The molecule has 2 rings (SSSR count). The van der Waals surface area contributed by atoms with Crippen molar-refractivity contribution in [3.63, 3.8) is 0 Å². The summed E-state index contributed by atoms with van der Waals surface area (Å²) in [4.78, 5) is 6.97. The highest BCUT2D eigenvalue weighted by molar-refractivity contribution is 5.75. The van der Waals surface area contributed by atoms with Gasteiger partial charge in [0.2, 0.25) is 0 Å². The lowest BCUT2D eigenvalue weighted by Gasteiger charge is -2.11. The zero-order valence-electron chi connectivity index (χ0n) is 12.9. The molecule has 20 heavy (non-hydrogen) atoms. The number of hydrogen-bond acceptors (Lipinski definition) is 3. The van der Waals surface area contributed by atoms with Gasteiger partial charge in [0.1, 0.15) is 5.82 Å². The van der Waals surface area contributed by atoms with Gasteiger partial charge in [-0.2, -0.15) is 0 Å². The molecule has 0 unspecified atom stereocenters. The van der Waals surface area contributed by atoms with E-state index < -0.39 is 0 Å². The Hall–Kier alpha value is -1.39. The van der Waals surface area contributed by atoms with Crippen molar-refractivity contribution in [2.24, 2.45) is 0 Å². The standard InChI is InChI=1S/C16H26N4/c1-4-11-20-15-9-6-5-8-14(15)18-16(20)13-17-10-7-12-19(2)3/h5-6,8-9,17H,4,7,10-13H2,1-3H3. The van der Waals surface area contributed by atoms with Crippen molar-refractivity contribution < 1.29 is 0 Å². The van der Waals surface area contributed by atoms with E-state index in [1.54, 1.807) is 0 Å². The average Bonchev–Trinajstić information content (AvgIpc) is 2.77. The summed E-state index contributed by atoms with van der Waals surface area (Å²) in [7, 11) is 4.22. The van der Waals surface area contributed by atoms with Crippen molar-refractivity contribution in [3.05, 3.63) is 30.1 Å². The Morgan fingerprint density at radius 1 is 1.25 bits per heavy atom. The van der Waals surface area contributed by atoms with E-state index in [0.29, 0.717) is 0 Å². The summed E-state index contributed by atoms with van der Waals surface area (Å²) in [6, 6.07) is 8.40. The first-order valence-electron chi connectivity index (χ1n) is 7.52. The lowest BCUT2D eigenvalue weighted by Crippen LogP contribution is -2.22. The maximum absolute atomic E-state index is 4.75. The average molecular weight is 274 g/mol. The van der Waals surface area contributed by atoms with Gasteiger partial charge >= 0.3 is 0 Å².